The van der Waals surface area contributed by atoms with E-state index in [1.165, 1.54) is 0 Å². The highest BCUT2D eigenvalue weighted by Gasteiger charge is 2.26. The predicted octanol–water partition coefficient (Wildman–Crippen LogP) is 1.09. The van der Waals surface area contributed by atoms with Gasteiger partial charge in [-0.1, -0.05) is 6.42 Å². The molecule has 2 heterocycles. The predicted molar refractivity (Wildman–Crippen MR) is 102 cm³/mol. The summed E-state index contributed by atoms with van der Waals surface area (Å²) < 4.78 is 26.9. The summed E-state index contributed by atoms with van der Waals surface area (Å²) in [5.41, 5.74) is 0.620. The van der Waals surface area contributed by atoms with E-state index in [0.29, 0.717) is 18.8 Å². The third-order valence-electron chi connectivity index (χ3n) is 5.15. The first-order valence-corrected chi connectivity index (χ1v) is 10.8. The smallest absolute Gasteiger partial charge is 0.243 e. The van der Waals surface area contributed by atoms with E-state index < -0.39 is 10.0 Å². The molecule has 1 aromatic carbocycles. The van der Waals surface area contributed by atoms with Crippen LogP contribution >= 0.6 is 0 Å². The Balaban J connectivity index is 1.62. The number of hydrogen-bond acceptors (Lipinski definition) is 5. The lowest BCUT2D eigenvalue weighted by atomic mass is 10.2. The molecule has 0 saturated carbocycles. The highest BCUT2D eigenvalue weighted by Crippen LogP contribution is 2.22. The second kappa shape index (κ2) is 8.47. The second-order valence-corrected chi connectivity index (χ2v) is 8.88. The Bertz CT molecular complexity index is 708. The lowest BCUT2D eigenvalue weighted by molar-refractivity contribution is -0.120. The Labute approximate surface area is 155 Å². The number of nitrogens with one attached hydrogen (secondary N) is 2. The number of amides is 1. The van der Waals surface area contributed by atoms with Crippen LogP contribution in [0.1, 0.15) is 26.2 Å². The summed E-state index contributed by atoms with van der Waals surface area (Å²) in [6, 6.07) is 6.27. The first kappa shape index (κ1) is 19.3. The fourth-order valence-corrected chi connectivity index (χ4v) is 4.96. The number of nitrogens with zero attached hydrogens (tertiary/aromatic N) is 2. The maximum Gasteiger partial charge on any atom is 0.243 e. The van der Waals surface area contributed by atoms with Crippen LogP contribution in [0.4, 0.5) is 5.69 Å². The zero-order valence-electron chi connectivity index (χ0n) is 15.3. The number of sulfonamides is 1. The van der Waals surface area contributed by atoms with Crippen LogP contribution in [0.3, 0.4) is 0 Å². The first-order chi connectivity index (χ1) is 12.5. The van der Waals surface area contributed by atoms with Gasteiger partial charge in [-0.25, -0.2) is 8.42 Å². The molecule has 144 valence electrons. The minimum Gasteiger partial charge on any atom is -0.325 e. The molecule has 8 heteroatoms. The maximum absolute atomic E-state index is 12.7. The fourth-order valence-electron chi connectivity index (χ4n) is 3.45. The van der Waals surface area contributed by atoms with E-state index in [-0.39, 0.29) is 16.8 Å². The van der Waals surface area contributed by atoms with Crippen LogP contribution in [0.5, 0.6) is 0 Å². The normalized spacial score (nSPS) is 21.3. The Morgan fingerprint density at radius 3 is 2.27 bits per heavy atom. The van der Waals surface area contributed by atoms with E-state index in [2.05, 4.69) is 15.5 Å². The first-order valence-electron chi connectivity index (χ1n) is 9.34. The van der Waals surface area contributed by atoms with Gasteiger partial charge in [0, 0.05) is 45.0 Å². The molecule has 0 bridgehead atoms. The zero-order chi connectivity index (χ0) is 18.6. The Morgan fingerprint density at radius 2 is 1.65 bits per heavy atom. The van der Waals surface area contributed by atoms with E-state index >= 15 is 0 Å². The van der Waals surface area contributed by atoms with Gasteiger partial charge in [0.1, 0.15) is 0 Å². The number of anilines is 1. The average Bonchev–Trinajstić information content (AvgIpc) is 2.69. The molecule has 1 atom stereocenters. The van der Waals surface area contributed by atoms with E-state index in [0.717, 1.165) is 45.4 Å². The molecular weight excluding hydrogens is 352 g/mol. The fraction of sp³-hybridized carbons (Fsp3) is 0.611. The lowest BCUT2D eigenvalue weighted by Crippen LogP contribution is -2.51. The topological polar surface area (TPSA) is 81.8 Å². The van der Waals surface area contributed by atoms with Gasteiger partial charge in [0.15, 0.2) is 0 Å². The summed E-state index contributed by atoms with van der Waals surface area (Å²) >= 11 is 0. The summed E-state index contributed by atoms with van der Waals surface area (Å²) in [4.78, 5) is 14.9. The van der Waals surface area contributed by atoms with Crippen molar-refractivity contribution in [2.24, 2.45) is 0 Å². The summed E-state index contributed by atoms with van der Waals surface area (Å²) in [5.74, 6) is -0.0708. The van der Waals surface area contributed by atoms with Gasteiger partial charge >= 0.3 is 0 Å². The van der Waals surface area contributed by atoms with Crippen LogP contribution < -0.4 is 10.6 Å². The molecule has 0 aromatic heterocycles. The molecule has 1 aromatic rings. The van der Waals surface area contributed by atoms with Gasteiger partial charge in [0.2, 0.25) is 15.9 Å². The minimum absolute atomic E-state index is 0.0708. The highest BCUT2D eigenvalue weighted by molar-refractivity contribution is 7.89. The van der Waals surface area contributed by atoms with Crippen molar-refractivity contribution in [3.63, 3.8) is 0 Å². The summed E-state index contributed by atoms with van der Waals surface area (Å²) in [6.45, 7) is 6.55. The third kappa shape index (κ3) is 4.43. The molecule has 2 aliphatic rings. The molecule has 0 spiro atoms. The summed E-state index contributed by atoms with van der Waals surface area (Å²) in [6.07, 6.45) is 2.91. The van der Waals surface area contributed by atoms with E-state index in [1.807, 2.05) is 6.92 Å². The number of carbonyl (C=O) groups excluding carboxylic acids is 1. The largest absolute Gasteiger partial charge is 0.325 e. The average molecular weight is 381 g/mol. The molecule has 0 aliphatic carbocycles. The Hall–Kier alpha value is -1.48. The van der Waals surface area contributed by atoms with Crippen LogP contribution in [-0.4, -0.2) is 68.8 Å². The van der Waals surface area contributed by atoms with Crippen molar-refractivity contribution in [1.82, 2.24) is 14.5 Å². The summed E-state index contributed by atoms with van der Waals surface area (Å²) in [7, 11) is -3.44. The molecular formula is C18H28N4O3S. The maximum atomic E-state index is 12.7. The number of benzene rings is 1. The summed E-state index contributed by atoms with van der Waals surface area (Å²) in [5, 5.41) is 6.16. The van der Waals surface area contributed by atoms with Crippen LogP contribution in [-0.2, 0) is 14.8 Å². The molecule has 2 saturated heterocycles. The molecule has 26 heavy (non-hydrogen) atoms. The molecule has 2 aliphatic heterocycles. The van der Waals surface area contributed by atoms with Crippen molar-refractivity contribution < 1.29 is 13.2 Å². The van der Waals surface area contributed by atoms with Gasteiger partial charge in [-0.2, -0.15) is 4.31 Å². The minimum atomic E-state index is -3.44. The quantitative estimate of drug-likeness (QED) is 0.799. The monoisotopic (exact) mass is 380 g/mol. The van der Waals surface area contributed by atoms with Crippen LogP contribution in [0.25, 0.3) is 0 Å². The van der Waals surface area contributed by atoms with Crippen molar-refractivity contribution >= 4 is 21.6 Å². The molecule has 3 rings (SSSR count). The second-order valence-electron chi connectivity index (χ2n) is 6.94. The zero-order valence-corrected chi connectivity index (χ0v) is 16.1. The lowest BCUT2D eigenvalue weighted by Gasteiger charge is -2.31. The van der Waals surface area contributed by atoms with E-state index in [1.54, 1.807) is 28.6 Å². The van der Waals surface area contributed by atoms with Crippen molar-refractivity contribution in [3.8, 4) is 0 Å². The highest BCUT2D eigenvalue weighted by atomic mass is 32.2. The van der Waals surface area contributed by atoms with Gasteiger partial charge in [-0.15, -0.1) is 0 Å². The molecule has 2 fully saturated rings. The van der Waals surface area contributed by atoms with Crippen LogP contribution in [0.15, 0.2) is 29.2 Å². The van der Waals surface area contributed by atoms with Gasteiger partial charge in [-0.3, -0.25) is 9.69 Å². The number of carbonyl (C=O) groups is 1. The molecule has 0 radical (unpaired) electrons. The van der Waals surface area contributed by atoms with Gasteiger partial charge in [-0.05, 0) is 44.0 Å². The van der Waals surface area contributed by atoms with Crippen molar-refractivity contribution in [1.29, 1.82) is 0 Å². The van der Waals surface area contributed by atoms with Crippen molar-refractivity contribution in [3.05, 3.63) is 24.3 Å². The van der Waals surface area contributed by atoms with Gasteiger partial charge < -0.3 is 10.6 Å². The van der Waals surface area contributed by atoms with E-state index in [4.69, 9.17) is 0 Å². The van der Waals surface area contributed by atoms with Crippen LogP contribution in [0.2, 0.25) is 0 Å². The Kier molecular flexibility index (Phi) is 6.29. The molecule has 7 nitrogen and oxygen atoms in total. The number of hydrogen-bond donors (Lipinski definition) is 2. The number of piperidine rings is 1. The molecule has 1 amide bonds. The van der Waals surface area contributed by atoms with Gasteiger partial charge in [0.25, 0.3) is 0 Å². The van der Waals surface area contributed by atoms with Gasteiger partial charge in [0.05, 0.1) is 10.9 Å². The number of piperazine rings is 1. The van der Waals surface area contributed by atoms with Crippen molar-refractivity contribution in [2.45, 2.75) is 37.1 Å². The SMILES string of the molecule is CC(C(=O)Nc1ccc(S(=O)(=O)N2CCCCC2)cc1)N1CCNCC1. The molecule has 1 unspecified atom stereocenters. The molecule has 2 N–H and O–H groups in total. The van der Waals surface area contributed by atoms with E-state index in [9.17, 15) is 13.2 Å². The van der Waals surface area contributed by atoms with Crippen molar-refractivity contribution in [2.75, 3.05) is 44.6 Å². The Morgan fingerprint density at radius 1 is 1.04 bits per heavy atom. The third-order valence-corrected chi connectivity index (χ3v) is 7.07. The number of rotatable bonds is 5. The van der Waals surface area contributed by atoms with Crippen LogP contribution in [0, 0.1) is 0 Å². The standard InChI is InChI=1S/C18H28N4O3S/c1-15(21-13-9-19-10-14-21)18(23)20-16-5-7-17(8-6-16)26(24,25)22-11-3-2-4-12-22/h5-8,15,19H,2-4,9-14H2,1H3,(H,20,23).